The van der Waals surface area contributed by atoms with Crippen molar-refractivity contribution in [3.8, 4) is 0 Å². The minimum absolute atomic E-state index is 0.331. The lowest BCUT2D eigenvalue weighted by molar-refractivity contribution is 0.0528. The molecule has 2 aromatic rings. The van der Waals surface area contributed by atoms with E-state index in [9.17, 15) is 9.59 Å². The first-order chi connectivity index (χ1) is 11.3. The minimum Gasteiger partial charge on any atom is -0.477 e. The smallest absolute Gasteiger partial charge is 0.407 e. The highest BCUT2D eigenvalue weighted by Gasteiger charge is 2.15. The molecule has 0 aliphatic rings. The third-order valence-corrected chi connectivity index (χ3v) is 4.17. The summed E-state index contributed by atoms with van der Waals surface area (Å²) in [5.41, 5.74) is 0.463. The van der Waals surface area contributed by atoms with Crippen LogP contribution in [0.5, 0.6) is 0 Å². The highest BCUT2D eigenvalue weighted by molar-refractivity contribution is 7.20. The predicted molar refractivity (Wildman–Crippen MR) is 96.7 cm³/mol. The number of fused-ring (bicyclic) bond motifs is 1. The summed E-state index contributed by atoms with van der Waals surface area (Å²) >= 11 is 1.27. The molecule has 6 heteroatoms. The zero-order valence-electron chi connectivity index (χ0n) is 14.0. The van der Waals surface area contributed by atoms with Crippen LogP contribution in [0.4, 0.5) is 4.79 Å². The maximum atomic E-state index is 11.5. The number of amides is 1. The summed E-state index contributed by atoms with van der Waals surface area (Å²) in [4.78, 5) is 22.9. The quantitative estimate of drug-likeness (QED) is 0.779. The lowest BCUT2D eigenvalue weighted by Gasteiger charge is -2.19. The minimum atomic E-state index is -0.910. The van der Waals surface area contributed by atoms with Crippen LogP contribution in [0.25, 0.3) is 16.2 Å². The van der Waals surface area contributed by atoms with Crippen LogP contribution in [-0.2, 0) is 4.74 Å². The second-order valence-corrected chi connectivity index (χ2v) is 7.38. The fraction of sp³-hybridized carbons (Fsp3) is 0.333. The van der Waals surface area contributed by atoms with Crippen molar-refractivity contribution in [2.75, 3.05) is 6.54 Å². The number of alkyl carbamates (subject to hydrolysis) is 1. The summed E-state index contributed by atoms with van der Waals surface area (Å²) < 4.78 is 6.10. The molecule has 0 saturated carbocycles. The number of hydrogen-bond donors (Lipinski definition) is 2. The Morgan fingerprint density at radius 2 is 2.08 bits per heavy atom. The topological polar surface area (TPSA) is 75.6 Å². The van der Waals surface area contributed by atoms with Crippen LogP contribution in [0.1, 0.15) is 42.4 Å². The summed E-state index contributed by atoms with van der Waals surface area (Å²) in [6, 6.07) is 7.45. The molecule has 0 spiro atoms. The Kier molecular flexibility index (Phi) is 5.62. The molecule has 5 nitrogen and oxygen atoms in total. The Balaban J connectivity index is 1.94. The molecule has 1 amide bonds. The first kappa shape index (κ1) is 18.0. The Morgan fingerprint density at radius 1 is 1.33 bits per heavy atom. The summed E-state index contributed by atoms with van der Waals surface area (Å²) in [5.74, 6) is -0.910. The van der Waals surface area contributed by atoms with E-state index in [0.29, 0.717) is 17.8 Å². The zero-order valence-corrected chi connectivity index (χ0v) is 14.8. The monoisotopic (exact) mass is 347 g/mol. The molecule has 0 bridgehead atoms. The van der Waals surface area contributed by atoms with Gasteiger partial charge in [0.05, 0.1) is 0 Å². The number of thiophene rings is 1. The number of nitrogens with one attached hydrogen (secondary N) is 1. The van der Waals surface area contributed by atoms with Crippen LogP contribution < -0.4 is 5.32 Å². The van der Waals surface area contributed by atoms with Crippen molar-refractivity contribution >= 4 is 39.6 Å². The molecule has 2 N–H and O–H groups in total. The van der Waals surface area contributed by atoms with E-state index in [-0.39, 0.29) is 0 Å². The Hall–Kier alpha value is -2.34. The van der Waals surface area contributed by atoms with Crippen molar-refractivity contribution in [2.24, 2.45) is 0 Å². The first-order valence-electron chi connectivity index (χ1n) is 7.65. The maximum absolute atomic E-state index is 11.5. The first-order valence-corrected chi connectivity index (χ1v) is 8.47. The molecule has 1 aromatic carbocycles. The van der Waals surface area contributed by atoms with E-state index in [1.165, 1.54) is 11.3 Å². The van der Waals surface area contributed by atoms with Crippen molar-refractivity contribution in [3.05, 3.63) is 40.8 Å². The Bertz CT molecular complexity index is 771. The van der Waals surface area contributed by atoms with E-state index in [0.717, 1.165) is 15.6 Å². The van der Waals surface area contributed by atoms with E-state index in [1.54, 1.807) is 6.07 Å². The molecule has 0 fully saturated rings. The molecule has 0 aliphatic carbocycles. The molecule has 0 aliphatic heterocycles. The zero-order chi connectivity index (χ0) is 17.7. The van der Waals surface area contributed by atoms with Gasteiger partial charge in [-0.15, -0.1) is 11.3 Å². The molecule has 0 saturated heterocycles. The second-order valence-electron chi connectivity index (χ2n) is 6.29. The van der Waals surface area contributed by atoms with E-state index in [2.05, 4.69) is 5.32 Å². The average molecular weight is 347 g/mol. The fourth-order valence-corrected chi connectivity index (χ4v) is 3.05. The highest BCUT2D eigenvalue weighted by atomic mass is 32.1. The van der Waals surface area contributed by atoms with E-state index >= 15 is 0 Å². The van der Waals surface area contributed by atoms with Gasteiger partial charge in [0.15, 0.2) is 0 Å². The summed E-state index contributed by atoms with van der Waals surface area (Å²) in [5, 5.41) is 12.7. The number of ether oxygens (including phenoxy) is 1. The van der Waals surface area contributed by atoms with Crippen molar-refractivity contribution in [2.45, 2.75) is 32.8 Å². The second kappa shape index (κ2) is 7.49. The van der Waals surface area contributed by atoms with Crippen molar-refractivity contribution in [1.82, 2.24) is 5.32 Å². The molecule has 1 aromatic heterocycles. The largest absolute Gasteiger partial charge is 0.477 e. The number of benzene rings is 1. The van der Waals surface area contributed by atoms with Gasteiger partial charge in [0.2, 0.25) is 0 Å². The molecule has 2 rings (SSSR count). The van der Waals surface area contributed by atoms with E-state index < -0.39 is 17.7 Å². The summed E-state index contributed by atoms with van der Waals surface area (Å²) in [6.07, 6.45) is 4.12. The van der Waals surface area contributed by atoms with Crippen molar-refractivity contribution < 1.29 is 19.4 Å². The maximum Gasteiger partial charge on any atom is 0.407 e. The van der Waals surface area contributed by atoms with Gasteiger partial charge in [-0.05, 0) is 44.9 Å². The van der Waals surface area contributed by atoms with Crippen LogP contribution >= 0.6 is 11.3 Å². The lowest BCUT2D eigenvalue weighted by Crippen LogP contribution is -2.32. The summed E-state index contributed by atoms with van der Waals surface area (Å²) in [6.45, 7) is 5.93. The van der Waals surface area contributed by atoms with Crippen molar-refractivity contribution in [1.29, 1.82) is 0 Å². The van der Waals surface area contributed by atoms with Gasteiger partial charge in [-0.2, -0.15) is 0 Å². The SMILES string of the molecule is CC(C)(C)OC(=O)NCCC=Cc1cccc2sc(C(=O)O)cc12. The molecule has 24 heavy (non-hydrogen) atoms. The molecular formula is C18H21NO4S. The van der Waals surface area contributed by atoms with Crippen LogP contribution in [-0.4, -0.2) is 29.3 Å². The van der Waals surface area contributed by atoms with Crippen LogP contribution in [0.15, 0.2) is 30.3 Å². The van der Waals surface area contributed by atoms with Gasteiger partial charge in [-0.3, -0.25) is 0 Å². The van der Waals surface area contributed by atoms with Gasteiger partial charge >= 0.3 is 12.1 Å². The molecule has 0 atom stereocenters. The standard InChI is InChI=1S/C18H21NO4S/c1-18(2,3)23-17(22)19-10-5-4-7-12-8-6-9-14-13(12)11-15(24-14)16(20)21/h4,6-9,11H,5,10H2,1-3H3,(H,19,22)(H,20,21). The normalized spacial score (nSPS) is 11.8. The van der Waals surface area contributed by atoms with Gasteiger partial charge in [-0.1, -0.05) is 24.3 Å². The number of carboxylic acids is 1. The van der Waals surface area contributed by atoms with E-state index in [1.807, 2.05) is 51.1 Å². The Morgan fingerprint density at radius 3 is 2.75 bits per heavy atom. The number of aromatic carboxylic acids is 1. The number of hydrogen-bond acceptors (Lipinski definition) is 4. The van der Waals surface area contributed by atoms with Gasteiger partial charge in [-0.25, -0.2) is 9.59 Å². The molecule has 1 heterocycles. The molecular weight excluding hydrogens is 326 g/mol. The lowest BCUT2D eigenvalue weighted by atomic mass is 10.1. The predicted octanol–water partition coefficient (Wildman–Crippen LogP) is 4.53. The molecule has 128 valence electrons. The summed E-state index contributed by atoms with van der Waals surface area (Å²) in [7, 11) is 0. The molecule has 0 unspecified atom stereocenters. The van der Waals surface area contributed by atoms with Gasteiger partial charge in [0, 0.05) is 16.6 Å². The number of rotatable bonds is 5. The fourth-order valence-electron chi connectivity index (χ4n) is 2.12. The Labute approximate surface area is 144 Å². The number of carboxylic acid groups (broad SMARTS) is 1. The highest BCUT2D eigenvalue weighted by Crippen LogP contribution is 2.29. The average Bonchev–Trinajstić information content (AvgIpc) is 2.90. The van der Waals surface area contributed by atoms with E-state index in [4.69, 9.17) is 9.84 Å². The van der Waals surface area contributed by atoms with Gasteiger partial charge in [0.25, 0.3) is 0 Å². The third kappa shape index (κ3) is 5.09. The van der Waals surface area contributed by atoms with Crippen LogP contribution in [0, 0.1) is 0 Å². The number of carbonyl (C=O) groups is 2. The van der Waals surface area contributed by atoms with Crippen LogP contribution in [0.3, 0.4) is 0 Å². The van der Waals surface area contributed by atoms with Gasteiger partial charge in [0.1, 0.15) is 10.5 Å². The molecule has 0 radical (unpaired) electrons. The van der Waals surface area contributed by atoms with Gasteiger partial charge < -0.3 is 15.2 Å². The number of carbonyl (C=O) groups excluding carboxylic acids is 1. The van der Waals surface area contributed by atoms with Crippen LogP contribution in [0.2, 0.25) is 0 Å². The van der Waals surface area contributed by atoms with Crippen molar-refractivity contribution in [3.63, 3.8) is 0 Å². The third-order valence-electron chi connectivity index (χ3n) is 3.08.